The summed E-state index contributed by atoms with van der Waals surface area (Å²) in [5, 5.41) is 8.49. The van der Waals surface area contributed by atoms with E-state index in [0.29, 0.717) is 23.8 Å². The van der Waals surface area contributed by atoms with Gasteiger partial charge in [-0.3, -0.25) is 9.63 Å². The largest absolute Gasteiger partial charge is 0.369 e. The summed E-state index contributed by atoms with van der Waals surface area (Å²) < 4.78 is 0. The molecule has 0 radical (unpaired) electrons. The molecular weight excluding hydrogens is 502 g/mol. The second-order valence-electron chi connectivity index (χ2n) is 11.1. The van der Waals surface area contributed by atoms with Gasteiger partial charge < -0.3 is 20.4 Å². The molecule has 210 valence electrons. The van der Waals surface area contributed by atoms with Crippen LogP contribution in [0.15, 0.2) is 60.9 Å². The van der Waals surface area contributed by atoms with Crippen molar-refractivity contribution in [1.82, 2.24) is 20.2 Å². The summed E-state index contributed by atoms with van der Waals surface area (Å²) >= 11 is 0. The molecule has 2 aromatic carbocycles. The van der Waals surface area contributed by atoms with Crippen molar-refractivity contribution in [3.05, 3.63) is 72.1 Å². The molecule has 1 amide bonds. The third-order valence-corrected chi connectivity index (χ3v) is 8.27. The van der Waals surface area contributed by atoms with Crippen LogP contribution in [0.4, 0.5) is 23.0 Å². The first kappa shape index (κ1) is 26.5. The molecule has 1 atom stereocenters. The quantitative estimate of drug-likeness (QED) is 0.436. The fraction of sp³-hybridized carbons (Fsp3) is 0.452. The lowest BCUT2D eigenvalue weighted by atomic mass is 9.95. The molecule has 6 rings (SSSR count). The number of rotatable bonds is 7. The number of benzene rings is 2. The number of hydrogen-bond acceptors (Lipinski definition) is 8. The predicted molar refractivity (Wildman–Crippen MR) is 158 cm³/mol. The zero-order chi connectivity index (χ0) is 27.3. The van der Waals surface area contributed by atoms with E-state index in [9.17, 15) is 4.79 Å². The lowest BCUT2D eigenvalue weighted by molar-refractivity contribution is 0.0927. The Bertz CT molecular complexity index is 1290. The summed E-state index contributed by atoms with van der Waals surface area (Å²) in [5.74, 6) is 1.39. The van der Waals surface area contributed by atoms with E-state index < -0.39 is 0 Å². The lowest BCUT2D eigenvalue weighted by Gasteiger charge is -2.34. The number of anilines is 4. The van der Waals surface area contributed by atoms with Crippen LogP contribution in [0, 0.1) is 0 Å². The molecule has 3 aliphatic rings. The van der Waals surface area contributed by atoms with Gasteiger partial charge in [-0.05, 0) is 61.9 Å². The molecule has 0 unspecified atom stereocenters. The molecule has 0 spiro atoms. The summed E-state index contributed by atoms with van der Waals surface area (Å²) in [6, 6.07) is 18.6. The number of aromatic nitrogens is 2. The summed E-state index contributed by atoms with van der Waals surface area (Å²) in [6.07, 6.45) is 8.16. The normalized spacial score (nSPS) is 20.5. The van der Waals surface area contributed by atoms with Gasteiger partial charge in [0.1, 0.15) is 12.1 Å². The summed E-state index contributed by atoms with van der Waals surface area (Å²) in [4.78, 5) is 32.8. The third kappa shape index (κ3) is 6.21. The van der Waals surface area contributed by atoms with Gasteiger partial charge in [-0.25, -0.2) is 15.0 Å². The van der Waals surface area contributed by atoms with Gasteiger partial charge in [0.2, 0.25) is 0 Å². The van der Waals surface area contributed by atoms with E-state index >= 15 is 0 Å². The minimum absolute atomic E-state index is 0.00591. The monoisotopic (exact) mass is 541 g/mol. The van der Waals surface area contributed by atoms with Gasteiger partial charge in [0, 0.05) is 61.6 Å². The van der Waals surface area contributed by atoms with Gasteiger partial charge in [-0.1, -0.05) is 31.4 Å². The van der Waals surface area contributed by atoms with E-state index in [0.717, 1.165) is 56.7 Å². The maximum Gasteiger partial charge on any atom is 0.251 e. The average Bonchev–Trinajstić information content (AvgIpc) is 3.49. The number of hydrogen-bond donors (Lipinski definition) is 2. The Morgan fingerprint density at radius 3 is 2.52 bits per heavy atom. The van der Waals surface area contributed by atoms with Gasteiger partial charge in [0.15, 0.2) is 5.82 Å². The van der Waals surface area contributed by atoms with Crippen molar-refractivity contribution in [2.45, 2.75) is 50.6 Å². The number of likely N-dealkylation sites (N-methyl/N-ethyl adjacent to an activating group) is 1. The first-order valence-electron chi connectivity index (χ1n) is 14.6. The molecule has 9 nitrogen and oxygen atoms in total. The summed E-state index contributed by atoms with van der Waals surface area (Å²) in [5.41, 5.74) is 3.95. The fourth-order valence-corrected chi connectivity index (χ4v) is 5.90. The van der Waals surface area contributed by atoms with Crippen LogP contribution in [0.5, 0.6) is 0 Å². The molecule has 2 saturated heterocycles. The maximum atomic E-state index is 13.0. The Labute approximate surface area is 236 Å². The van der Waals surface area contributed by atoms with Gasteiger partial charge in [-0.15, -0.1) is 0 Å². The minimum atomic E-state index is -0.0342. The molecule has 9 heteroatoms. The van der Waals surface area contributed by atoms with Crippen LogP contribution >= 0.6 is 0 Å². The Morgan fingerprint density at radius 2 is 1.73 bits per heavy atom. The minimum Gasteiger partial charge on any atom is -0.369 e. The molecule has 2 N–H and O–H groups in total. The first-order valence-corrected chi connectivity index (χ1v) is 14.6. The van der Waals surface area contributed by atoms with Crippen molar-refractivity contribution >= 4 is 28.9 Å². The molecule has 40 heavy (non-hydrogen) atoms. The number of nitrogens with one attached hydrogen (secondary N) is 2. The van der Waals surface area contributed by atoms with Crippen molar-refractivity contribution < 1.29 is 9.63 Å². The smallest absolute Gasteiger partial charge is 0.251 e. The van der Waals surface area contributed by atoms with Gasteiger partial charge >= 0.3 is 0 Å². The molecule has 3 aromatic rings. The predicted octanol–water partition coefficient (Wildman–Crippen LogP) is 4.92. The Morgan fingerprint density at radius 1 is 0.925 bits per heavy atom. The van der Waals surface area contributed by atoms with E-state index in [1.165, 1.54) is 24.9 Å². The number of amides is 1. The van der Waals surface area contributed by atoms with E-state index in [4.69, 9.17) is 4.84 Å². The molecule has 2 aliphatic heterocycles. The highest BCUT2D eigenvalue weighted by Crippen LogP contribution is 2.35. The first-order chi connectivity index (χ1) is 19.6. The standard InChI is InChI=1S/C31H39N7O2/c1-36-15-17-37(18-16-36)27-12-10-26(11-13-27)34-29-21-30(33-22-32-29)38-28(14-19-40-38)23-6-5-7-24(20-23)31(39)35-25-8-3-2-4-9-25/h5-7,10-13,20-22,25,28H,2-4,8-9,14-19H2,1H3,(H,35,39)(H,32,33,34)/t28-/m1/s1. The van der Waals surface area contributed by atoms with Crippen LogP contribution in [-0.2, 0) is 4.84 Å². The van der Waals surface area contributed by atoms with Gasteiger partial charge in [-0.2, -0.15) is 0 Å². The van der Waals surface area contributed by atoms with E-state index in [-0.39, 0.29) is 18.0 Å². The summed E-state index contributed by atoms with van der Waals surface area (Å²) in [7, 11) is 2.17. The zero-order valence-corrected chi connectivity index (χ0v) is 23.3. The van der Waals surface area contributed by atoms with Crippen molar-refractivity contribution in [2.24, 2.45) is 0 Å². The SMILES string of the molecule is CN1CCN(c2ccc(Nc3cc(N4OCC[C@@H]4c4cccc(C(=O)NC5CCCCC5)c4)ncn3)cc2)CC1. The van der Waals surface area contributed by atoms with Crippen molar-refractivity contribution in [3.8, 4) is 0 Å². The van der Waals surface area contributed by atoms with Crippen molar-refractivity contribution in [3.63, 3.8) is 0 Å². The highest BCUT2D eigenvalue weighted by Gasteiger charge is 2.30. The maximum absolute atomic E-state index is 13.0. The lowest BCUT2D eigenvalue weighted by Crippen LogP contribution is -2.44. The molecule has 3 fully saturated rings. The average molecular weight is 542 g/mol. The molecule has 3 heterocycles. The number of carbonyl (C=O) groups is 1. The van der Waals surface area contributed by atoms with Gasteiger partial charge in [0.05, 0.1) is 12.6 Å². The second-order valence-corrected chi connectivity index (χ2v) is 11.1. The Hall–Kier alpha value is -3.69. The molecule has 1 aliphatic carbocycles. The van der Waals surface area contributed by atoms with Crippen LogP contribution in [0.25, 0.3) is 0 Å². The van der Waals surface area contributed by atoms with Crippen LogP contribution in [-0.4, -0.2) is 66.7 Å². The van der Waals surface area contributed by atoms with Crippen molar-refractivity contribution in [1.29, 1.82) is 0 Å². The molecular formula is C31H39N7O2. The van der Waals surface area contributed by atoms with E-state index in [1.807, 2.05) is 29.3 Å². The van der Waals surface area contributed by atoms with E-state index in [1.54, 1.807) is 6.33 Å². The number of carbonyl (C=O) groups excluding carboxylic acids is 1. The highest BCUT2D eigenvalue weighted by atomic mass is 16.7. The second kappa shape index (κ2) is 12.2. The summed E-state index contributed by atoms with van der Waals surface area (Å²) in [6.45, 7) is 4.85. The third-order valence-electron chi connectivity index (χ3n) is 8.27. The van der Waals surface area contributed by atoms with E-state index in [2.05, 4.69) is 67.8 Å². The molecule has 1 aromatic heterocycles. The fourth-order valence-electron chi connectivity index (χ4n) is 5.90. The molecule has 0 bridgehead atoms. The highest BCUT2D eigenvalue weighted by molar-refractivity contribution is 5.94. The van der Waals surface area contributed by atoms with Crippen molar-refractivity contribution in [2.75, 3.05) is 55.1 Å². The van der Waals surface area contributed by atoms with Crippen LogP contribution in [0.3, 0.4) is 0 Å². The molecule has 1 saturated carbocycles. The zero-order valence-electron chi connectivity index (χ0n) is 23.3. The van der Waals surface area contributed by atoms with Gasteiger partial charge in [0.25, 0.3) is 5.91 Å². The van der Waals surface area contributed by atoms with Crippen LogP contribution in [0.2, 0.25) is 0 Å². The topological polar surface area (TPSA) is 85.9 Å². The van der Waals surface area contributed by atoms with Crippen LogP contribution < -0.4 is 20.6 Å². The number of nitrogens with zero attached hydrogens (tertiary/aromatic N) is 5. The Kier molecular flexibility index (Phi) is 8.11. The van der Waals surface area contributed by atoms with Crippen LogP contribution in [0.1, 0.15) is 60.5 Å². The number of piperazine rings is 1. The number of hydroxylamine groups is 1. The Balaban J connectivity index is 1.12.